The summed E-state index contributed by atoms with van der Waals surface area (Å²) in [5.74, 6) is 0.716. The third kappa shape index (κ3) is 4.45. The van der Waals surface area contributed by atoms with E-state index in [4.69, 9.17) is 0 Å². The molecule has 2 N–H and O–H groups in total. The van der Waals surface area contributed by atoms with E-state index in [2.05, 4.69) is 35.7 Å². The van der Waals surface area contributed by atoms with Gasteiger partial charge in [-0.25, -0.2) is 29.4 Å². The molecule has 0 saturated heterocycles. The van der Waals surface area contributed by atoms with Crippen LogP contribution in [0.5, 0.6) is 0 Å². The molecule has 4 aromatic heterocycles. The van der Waals surface area contributed by atoms with Gasteiger partial charge in [0.25, 0.3) is 0 Å². The summed E-state index contributed by atoms with van der Waals surface area (Å²) in [6.07, 6.45) is -1.72. The Hall–Kier alpha value is -3.39. The highest BCUT2D eigenvalue weighted by Gasteiger charge is 2.34. The van der Waals surface area contributed by atoms with Gasteiger partial charge in [-0.2, -0.15) is 18.3 Å². The number of urea groups is 1. The molecule has 4 aromatic rings. The molecule has 9 nitrogen and oxygen atoms in total. The standard InChI is InChI=1S/C18H15F3N8OS2/c1-3-22-17(30)28-13-4-9(15-27-12(7-32-15)18(19,20)21)10(5-23-13)16-26-11(6-31-16)14-24-8-25-29(14)2/h4-8H,3H2,1-2H3,(H2,22,23,28,30). The molecule has 32 heavy (non-hydrogen) atoms. The van der Waals surface area contributed by atoms with Gasteiger partial charge in [-0.1, -0.05) is 0 Å². The number of amides is 2. The number of nitrogens with zero attached hydrogens (tertiary/aromatic N) is 6. The minimum Gasteiger partial charge on any atom is -0.338 e. The van der Waals surface area contributed by atoms with Crippen molar-refractivity contribution in [1.82, 2.24) is 35.0 Å². The van der Waals surface area contributed by atoms with E-state index in [-0.39, 0.29) is 10.8 Å². The first kappa shape index (κ1) is 21.8. The Kier molecular flexibility index (Phi) is 5.88. The van der Waals surface area contributed by atoms with Gasteiger partial charge in [0.05, 0.1) is 0 Å². The first-order chi connectivity index (χ1) is 15.3. The zero-order chi connectivity index (χ0) is 22.9. The maximum atomic E-state index is 13.1. The molecule has 0 saturated carbocycles. The second-order valence-corrected chi connectivity index (χ2v) is 8.10. The van der Waals surface area contributed by atoms with Crippen molar-refractivity contribution in [3.8, 4) is 32.7 Å². The van der Waals surface area contributed by atoms with Gasteiger partial charge in [-0.15, -0.1) is 22.7 Å². The monoisotopic (exact) mass is 480 g/mol. The number of aryl methyl sites for hydroxylation is 1. The highest BCUT2D eigenvalue weighted by molar-refractivity contribution is 7.14. The summed E-state index contributed by atoms with van der Waals surface area (Å²) in [6, 6.07) is 1.00. The molecule has 166 valence electrons. The van der Waals surface area contributed by atoms with Crippen LogP contribution < -0.4 is 10.6 Å². The predicted octanol–water partition coefficient (Wildman–Crippen LogP) is 4.28. The lowest BCUT2D eigenvalue weighted by Crippen LogP contribution is -2.28. The van der Waals surface area contributed by atoms with Crippen molar-refractivity contribution in [2.24, 2.45) is 7.05 Å². The van der Waals surface area contributed by atoms with Gasteiger partial charge in [0, 0.05) is 41.7 Å². The molecular formula is C18H15F3N8OS2. The molecular weight excluding hydrogens is 465 g/mol. The number of nitrogens with one attached hydrogen (secondary N) is 2. The quantitative estimate of drug-likeness (QED) is 0.441. The number of carbonyl (C=O) groups is 1. The largest absolute Gasteiger partial charge is 0.434 e. The van der Waals surface area contributed by atoms with Crippen molar-refractivity contribution < 1.29 is 18.0 Å². The van der Waals surface area contributed by atoms with Gasteiger partial charge in [0.15, 0.2) is 11.5 Å². The minimum absolute atomic E-state index is 0.129. The first-order valence-electron chi connectivity index (χ1n) is 9.14. The molecule has 4 heterocycles. The Labute approximate surface area is 187 Å². The topological polar surface area (TPSA) is 111 Å². The van der Waals surface area contributed by atoms with Crippen LogP contribution in [0.25, 0.3) is 32.7 Å². The van der Waals surface area contributed by atoms with E-state index in [1.165, 1.54) is 29.9 Å². The summed E-state index contributed by atoms with van der Waals surface area (Å²) in [5, 5.41) is 12.5. The van der Waals surface area contributed by atoms with Gasteiger partial charge in [-0.05, 0) is 13.0 Å². The van der Waals surface area contributed by atoms with E-state index in [0.29, 0.717) is 34.2 Å². The van der Waals surface area contributed by atoms with Crippen LogP contribution >= 0.6 is 22.7 Å². The first-order valence-corrected chi connectivity index (χ1v) is 10.9. The number of carbonyl (C=O) groups excluding carboxylic acids is 1. The number of halogens is 3. The Morgan fingerprint density at radius 1 is 1.12 bits per heavy atom. The van der Waals surface area contributed by atoms with Crippen molar-refractivity contribution >= 4 is 34.5 Å². The van der Waals surface area contributed by atoms with E-state index in [1.807, 2.05) is 0 Å². The van der Waals surface area contributed by atoms with E-state index < -0.39 is 17.9 Å². The SMILES string of the molecule is CCNC(=O)Nc1cc(-c2nc(C(F)(F)F)cs2)c(-c2nc(-c3ncnn3C)cs2)cn1. The van der Waals surface area contributed by atoms with Crippen molar-refractivity contribution in [3.05, 3.63) is 35.0 Å². The molecule has 0 radical (unpaired) electrons. The Morgan fingerprint density at radius 2 is 1.88 bits per heavy atom. The lowest BCUT2D eigenvalue weighted by Gasteiger charge is -2.09. The number of pyridine rings is 1. The van der Waals surface area contributed by atoms with Crippen molar-refractivity contribution in [1.29, 1.82) is 0 Å². The van der Waals surface area contributed by atoms with Gasteiger partial charge in [0.1, 0.15) is 27.9 Å². The van der Waals surface area contributed by atoms with Crippen molar-refractivity contribution in [2.75, 3.05) is 11.9 Å². The smallest absolute Gasteiger partial charge is 0.338 e. The van der Waals surface area contributed by atoms with Crippen LogP contribution in [0.1, 0.15) is 12.6 Å². The molecule has 0 aliphatic carbocycles. The molecule has 0 aromatic carbocycles. The lowest BCUT2D eigenvalue weighted by atomic mass is 10.1. The number of anilines is 1. The molecule has 0 unspecified atom stereocenters. The summed E-state index contributed by atoms with van der Waals surface area (Å²) in [4.78, 5) is 28.6. The molecule has 14 heteroatoms. The number of aromatic nitrogens is 6. The Balaban J connectivity index is 1.78. The van der Waals surface area contributed by atoms with Gasteiger partial charge >= 0.3 is 12.2 Å². The van der Waals surface area contributed by atoms with Crippen molar-refractivity contribution in [3.63, 3.8) is 0 Å². The summed E-state index contributed by atoms with van der Waals surface area (Å²) in [6.45, 7) is 2.16. The predicted molar refractivity (Wildman–Crippen MR) is 114 cm³/mol. The van der Waals surface area contributed by atoms with Crippen LogP contribution in [0.3, 0.4) is 0 Å². The van der Waals surface area contributed by atoms with Gasteiger partial charge < -0.3 is 5.32 Å². The number of hydrogen-bond acceptors (Lipinski definition) is 8. The molecule has 2 amide bonds. The van der Waals surface area contributed by atoms with Gasteiger partial charge in [0.2, 0.25) is 0 Å². The van der Waals surface area contributed by atoms with Crippen LogP contribution in [0.2, 0.25) is 0 Å². The third-order valence-electron chi connectivity index (χ3n) is 4.18. The molecule has 0 fully saturated rings. The summed E-state index contributed by atoms with van der Waals surface area (Å²) in [5.41, 5.74) is 0.423. The van der Waals surface area contributed by atoms with Crippen LogP contribution in [-0.2, 0) is 13.2 Å². The Bertz CT molecular complexity index is 1260. The fraction of sp³-hybridized carbons (Fsp3) is 0.222. The molecule has 0 aliphatic heterocycles. The molecule has 0 aliphatic rings. The number of thiazole rings is 2. The second kappa shape index (κ2) is 8.63. The number of rotatable bonds is 5. The van der Waals surface area contributed by atoms with Crippen LogP contribution in [-0.4, -0.2) is 42.3 Å². The molecule has 0 bridgehead atoms. The lowest BCUT2D eigenvalue weighted by molar-refractivity contribution is -0.140. The second-order valence-electron chi connectivity index (χ2n) is 6.38. The van der Waals surface area contributed by atoms with Crippen molar-refractivity contribution in [2.45, 2.75) is 13.1 Å². The maximum Gasteiger partial charge on any atom is 0.434 e. The molecule has 0 atom stereocenters. The molecule has 4 rings (SSSR count). The van der Waals surface area contributed by atoms with E-state index in [0.717, 1.165) is 16.7 Å². The summed E-state index contributed by atoms with van der Waals surface area (Å²) < 4.78 is 40.9. The maximum absolute atomic E-state index is 13.1. The normalized spacial score (nSPS) is 11.5. The number of alkyl halides is 3. The van der Waals surface area contributed by atoms with Gasteiger partial charge in [-0.3, -0.25) is 5.32 Å². The van der Waals surface area contributed by atoms with E-state index >= 15 is 0 Å². The average Bonchev–Trinajstić information content (AvgIpc) is 3.48. The average molecular weight is 481 g/mol. The van der Waals surface area contributed by atoms with E-state index in [9.17, 15) is 18.0 Å². The van der Waals surface area contributed by atoms with Crippen LogP contribution in [0.4, 0.5) is 23.8 Å². The summed E-state index contributed by atoms with van der Waals surface area (Å²) >= 11 is 2.13. The van der Waals surface area contributed by atoms with Crippen LogP contribution in [0.15, 0.2) is 29.4 Å². The highest BCUT2D eigenvalue weighted by Crippen LogP contribution is 2.39. The fourth-order valence-electron chi connectivity index (χ4n) is 2.75. The number of hydrogen-bond donors (Lipinski definition) is 2. The van der Waals surface area contributed by atoms with Crippen LogP contribution in [0, 0.1) is 0 Å². The zero-order valence-corrected chi connectivity index (χ0v) is 18.3. The minimum atomic E-state index is -4.57. The third-order valence-corrected chi connectivity index (χ3v) is 5.93. The molecule has 0 spiro atoms. The zero-order valence-electron chi connectivity index (χ0n) is 16.6. The Morgan fingerprint density at radius 3 is 2.53 bits per heavy atom. The summed E-state index contributed by atoms with van der Waals surface area (Å²) in [7, 11) is 1.73. The fourth-order valence-corrected chi connectivity index (χ4v) is 4.43. The van der Waals surface area contributed by atoms with E-state index in [1.54, 1.807) is 24.0 Å². The highest BCUT2D eigenvalue weighted by atomic mass is 32.1.